The average molecular weight is 446 g/mol. The van der Waals surface area contributed by atoms with Gasteiger partial charge in [0.05, 0.1) is 13.0 Å². The summed E-state index contributed by atoms with van der Waals surface area (Å²) in [5.74, 6) is 0.828. The maximum absolute atomic E-state index is 11.6. The molecule has 1 aliphatic rings. The fourth-order valence-electron chi connectivity index (χ4n) is 2.92. The number of aryl methyl sites for hydroxylation is 1. The molecule has 1 saturated heterocycles. The zero-order valence-electron chi connectivity index (χ0n) is 14.6. The van der Waals surface area contributed by atoms with Crippen LogP contribution in [0.1, 0.15) is 24.0 Å². The summed E-state index contributed by atoms with van der Waals surface area (Å²) < 4.78 is 4.83. The van der Waals surface area contributed by atoms with E-state index in [2.05, 4.69) is 33.2 Å². The number of aromatic nitrogens is 1. The van der Waals surface area contributed by atoms with Crippen molar-refractivity contribution in [2.24, 2.45) is 10.9 Å². The second-order valence-corrected chi connectivity index (χ2v) is 5.81. The minimum absolute atomic E-state index is 0. The highest BCUT2D eigenvalue weighted by atomic mass is 127. The van der Waals surface area contributed by atoms with E-state index in [-0.39, 0.29) is 35.9 Å². The summed E-state index contributed by atoms with van der Waals surface area (Å²) in [6.07, 6.45) is 6.29. The molecule has 1 aromatic heterocycles. The van der Waals surface area contributed by atoms with E-state index in [1.807, 2.05) is 12.4 Å². The van der Waals surface area contributed by atoms with E-state index in [0.717, 1.165) is 44.9 Å². The number of carbonyl (C=O) groups excluding carboxylic acids is 1. The van der Waals surface area contributed by atoms with Crippen LogP contribution in [0.15, 0.2) is 23.5 Å². The van der Waals surface area contributed by atoms with Crippen LogP contribution in [0, 0.1) is 12.8 Å². The van der Waals surface area contributed by atoms with Crippen LogP contribution in [-0.4, -0.2) is 55.6 Å². The molecule has 2 rings (SSSR count). The molecule has 0 saturated carbocycles. The van der Waals surface area contributed by atoms with Crippen molar-refractivity contribution >= 4 is 35.9 Å². The first kappa shape index (κ1) is 20.7. The molecule has 0 aromatic carbocycles. The molecule has 6 nitrogen and oxygen atoms in total. The number of pyridine rings is 1. The van der Waals surface area contributed by atoms with Crippen LogP contribution >= 0.6 is 24.0 Å². The van der Waals surface area contributed by atoms with E-state index in [9.17, 15) is 4.79 Å². The number of carbonyl (C=O) groups is 1. The maximum atomic E-state index is 11.6. The van der Waals surface area contributed by atoms with Crippen LogP contribution < -0.4 is 5.32 Å². The molecule has 0 radical (unpaired) electrons. The third kappa shape index (κ3) is 5.61. The standard InChI is InChI=1S/C17H26N4O2.HI/c1-13-12-19-8-4-14(13)5-9-20-17(18-2)21-10-6-15(7-11-21)16(22)23-3;/h4,8,12,15H,5-7,9-11H2,1-3H3,(H,18,20);1H. The molecular weight excluding hydrogens is 419 g/mol. The highest BCUT2D eigenvalue weighted by molar-refractivity contribution is 14.0. The summed E-state index contributed by atoms with van der Waals surface area (Å²) in [6.45, 7) is 4.56. The Bertz CT molecular complexity index is 557. The monoisotopic (exact) mass is 446 g/mol. The molecule has 134 valence electrons. The van der Waals surface area contributed by atoms with Gasteiger partial charge < -0.3 is 15.0 Å². The lowest BCUT2D eigenvalue weighted by Gasteiger charge is -2.33. The Hall–Kier alpha value is -1.38. The minimum Gasteiger partial charge on any atom is -0.469 e. The second-order valence-electron chi connectivity index (χ2n) is 5.81. The smallest absolute Gasteiger partial charge is 0.308 e. The number of piperidine rings is 1. The van der Waals surface area contributed by atoms with Gasteiger partial charge in [-0.3, -0.25) is 14.8 Å². The van der Waals surface area contributed by atoms with Crippen molar-refractivity contribution in [1.29, 1.82) is 0 Å². The number of aliphatic imine (C=N–C) groups is 1. The topological polar surface area (TPSA) is 66.8 Å². The average Bonchev–Trinajstić information content (AvgIpc) is 2.60. The molecule has 0 unspecified atom stereocenters. The Morgan fingerprint density at radius 1 is 1.46 bits per heavy atom. The van der Waals surface area contributed by atoms with Crippen molar-refractivity contribution in [3.63, 3.8) is 0 Å². The Labute approximate surface area is 161 Å². The predicted molar refractivity (Wildman–Crippen MR) is 106 cm³/mol. The van der Waals surface area contributed by atoms with E-state index in [1.54, 1.807) is 7.05 Å². The van der Waals surface area contributed by atoms with Gasteiger partial charge in [-0.25, -0.2) is 0 Å². The van der Waals surface area contributed by atoms with Crippen molar-refractivity contribution in [3.05, 3.63) is 29.6 Å². The number of rotatable bonds is 4. The fraction of sp³-hybridized carbons (Fsp3) is 0.588. The molecule has 0 amide bonds. The van der Waals surface area contributed by atoms with Crippen LogP contribution in [-0.2, 0) is 16.0 Å². The number of hydrogen-bond acceptors (Lipinski definition) is 4. The Balaban J connectivity index is 0.00000288. The van der Waals surface area contributed by atoms with Crippen molar-refractivity contribution in [1.82, 2.24) is 15.2 Å². The largest absolute Gasteiger partial charge is 0.469 e. The summed E-state index contributed by atoms with van der Waals surface area (Å²) >= 11 is 0. The molecule has 7 heteroatoms. The lowest BCUT2D eigenvalue weighted by molar-refractivity contribution is -0.146. The summed E-state index contributed by atoms with van der Waals surface area (Å²) in [4.78, 5) is 22.3. The van der Waals surface area contributed by atoms with Gasteiger partial charge in [0.25, 0.3) is 0 Å². The first-order chi connectivity index (χ1) is 11.2. The molecule has 0 bridgehead atoms. The van der Waals surface area contributed by atoms with Gasteiger partial charge in [-0.05, 0) is 43.4 Å². The number of guanidine groups is 1. The molecule has 1 aliphatic heterocycles. The van der Waals surface area contributed by atoms with Crippen LogP contribution in [0.3, 0.4) is 0 Å². The van der Waals surface area contributed by atoms with E-state index in [1.165, 1.54) is 18.2 Å². The first-order valence-corrected chi connectivity index (χ1v) is 8.08. The molecule has 0 atom stereocenters. The third-order valence-electron chi connectivity index (χ3n) is 4.35. The molecule has 0 aliphatic carbocycles. The Morgan fingerprint density at radius 2 is 2.17 bits per heavy atom. The number of likely N-dealkylation sites (tertiary alicyclic amines) is 1. The lowest BCUT2D eigenvalue weighted by Crippen LogP contribution is -2.47. The van der Waals surface area contributed by atoms with E-state index in [4.69, 9.17) is 4.74 Å². The van der Waals surface area contributed by atoms with Gasteiger partial charge in [0.15, 0.2) is 5.96 Å². The number of ether oxygens (including phenoxy) is 1. The van der Waals surface area contributed by atoms with E-state index < -0.39 is 0 Å². The van der Waals surface area contributed by atoms with Gasteiger partial charge in [0.1, 0.15) is 0 Å². The van der Waals surface area contributed by atoms with Gasteiger partial charge in [0.2, 0.25) is 0 Å². The minimum atomic E-state index is -0.0965. The summed E-state index contributed by atoms with van der Waals surface area (Å²) in [5.41, 5.74) is 2.51. The maximum Gasteiger partial charge on any atom is 0.308 e. The third-order valence-corrected chi connectivity index (χ3v) is 4.35. The Morgan fingerprint density at radius 3 is 2.75 bits per heavy atom. The zero-order valence-corrected chi connectivity index (χ0v) is 16.9. The highest BCUT2D eigenvalue weighted by Crippen LogP contribution is 2.18. The van der Waals surface area contributed by atoms with Gasteiger partial charge in [0, 0.05) is 39.1 Å². The van der Waals surface area contributed by atoms with Crippen LogP contribution in [0.25, 0.3) is 0 Å². The normalized spacial score (nSPS) is 15.6. The molecule has 1 N–H and O–H groups in total. The van der Waals surface area contributed by atoms with Gasteiger partial charge >= 0.3 is 5.97 Å². The van der Waals surface area contributed by atoms with Crippen LogP contribution in [0.2, 0.25) is 0 Å². The lowest BCUT2D eigenvalue weighted by atomic mass is 9.97. The number of esters is 1. The number of halogens is 1. The molecular formula is C17H27IN4O2. The van der Waals surface area contributed by atoms with Crippen molar-refractivity contribution in [2.45, 2.75) is 26.2 Å². The van der Waals surface area contributed by atoms with E-state index in [0.29, 0.717) is 0 Å². The second kappa shape index (κ2) is 10.5. The van der Waals surface area contributed by atoms with Gasteiger partial charge in [-0.2, -0.15) is 0 Å². The SMILES string of the molecule is CN=C(NCCc1ccncc1C)N1CCC(C(=O)OC)CC1.I. The van der Waals surface area contributed by atoms with Gasteiger partial charge in [-0.1, -0.05) is 0 Å². The highest BCUT2D eigenvalue weighted by Gasteiger charge is 2.26. The zero-order chi connectivity index (χ0) is 16.7. The number of nitrogens with zero attached hydrogens (tertiary/aromatic N) is 3. The first-order valence-electron chi connectivity index (χ1n) is 8.08. The number of nitrogens with one attached hydrogen (secondary N) is 1. The van der Waals surface area contributed by atoms with Crippen LogP contribution in [0.4, 0.5) is 0 Å². The summed E-state index contributed by atoms with van der Waals surface area (Å²) in [6, 6.07) is 2.06. The molecule has 24 heavy (non-hydrogen) atoms. The number of methoxy groups -OCH3 is 1. The summed E-state index contributed by atoms with van der Waals surface area (Å²) in [5, 5.41) is 3.41. The van der Waals surface area contributed by atoms with Crippen LogP contribution in [0.5, 0.6) is 0 Å². The Kier molecular flexibility index (Phi) is 9.02. The van der Waals surface area contributed by atoms with Crippen molar-refractivity contribution < 1.29 is 9.53 Å². The predicted octanol–water partition coefficient (Wildman–Crippen LogP) is 2.01. The fourth-order valence-corrected chi connectivity index (χ4v) is 2.92. The van der Waals surface area contributed by atoms with Crippen molar-refractivity contribution in [2.75, 3.05) is 33.8 Å². The molecule has 0 spiro atoms. The van der Waals surface area contributed by atoms with Gasteiger partial charge in [-0.15, -0.1) is 24.0 Å². The molecule has 2 heterocycles. The molecule has 1 fully saturated rings. The summed E-state index contributed by atoms with van der Waals surface area (Å²) in [7, 11) is 3.25. The van der Waals surface area contributed by atoms with Crippen molar-refractivity contribution in [3.8, 4) is 0 Å². The quantitative estimate of drug-likeness (QED) is 0.332. The number of hydrogen-bond donors (Lipinski definition) is 1. The van der Waals surface area contributed by atoms with E-state index >= 15 is 0 Å². The molecule has 1 aromatic rings.